The SMILES string of the molecule is Cc1nn(CC(=O)NC2(CO)CCCC2)c(C)c1[N+](=O)[O-]. The number of aliphatic hydroxyl groups excluding tert-OH is 1. The van der Waals surface area contributed by atoms with E-state index >= 15 is 0 Å². The van der Waals surface area contributed by atoms with Gasteiger partial charge in [0.1, 0.15) is 17.9 Å². The van der Waals surface area contributed by atoms with E-state index in [9.17, 15) is 20.0 Å². The van der Waals surface area contributed by atoms with Crippen LogP contribution >= 0.6 is 0 Å². The number of amides is 1. The van der Waals surface area contributed by atoms with Crippen molar-refractivity contribution in [1.29, 1.82) is 0 Å². The van der Waals surface area contributed by atoms with Gasteiger partial charge in [0.15, 0.2) is 0 Å². The Morgan fingerprint density at radius 3 is 2.57 bits per heavy atom. The maximum Gasteiger partial charge on any atom is 0.312 e. The summed E-state index contributed by atoms with van der Waals surface area (Å²) in [4.78, 5) is 22.6. The zero-order chi connectivity index (χ0) is 15.6. The third-order valence-electron chi connectivity index (χ3n) is 4.09. The van der Waals surface area contributed by atoms with E-state index in [0.717, 1.165) is 25.7 Å². The minimum atomic E-state index is -0.543. The Balaban J connectivity index is 2.10. The molecule has 0 atom stereocenters. The number of aliphatic hydroxyl groups is 1. The molecule has 21 heavy (non-hydrogen) atoms. The van der Waals surface area contributed by atoms with Crippen LogP contribution in [0.5, 0.6) is 0 Å². The van der Waals surface area contributed by atoms with E-state index in [1.165, 1.54) is 4.68 Å². The van der Waals surface area contributed by atoms with Crippen molar-refractivity contribution in [3.8, 4) is 0 Å². The summed E-state index contributed by atoms with van der Waals surface area (Å²) in [6.45, 7) is 2.95. The first kappa shape index (κ1) is 15.4. The fourth-order valence-electron chi connectivity index (χ4n) is 2.95. The topological polar surface area (TPSA) is 110 Å². The van der Waals surface area contributed by atoms with Crippen LogP contribution in [0.3, 0.4) is 0 Å². The molecule has 0 spiro atoms. The van der Waals surface area contributed by atoms with Crippen LogP contribution in [-0.2, 0) is 11.3 Å². The summed E-state index contributed by atoms with van der Waals surface area (Å²) in [5.41, 5.74) is 0.0553. The third kappa shape index (κ3) is 3.05. The van der Waals surface area contributed by atoms with Crippen molar-refractivity contribution in [2.75, 3.05) is 6.61 Å². The summed E-state index contributed by atoms with van der Waals surface area (Å²) in [6.07, 6.45) is 3.47. The first-order valence-corrected chi connectivity index (χ1v) is 6.99. The molecule has 8 heteroatoms. The van der Waals surface area contributed by atoms with E-state index in [1.54, 1.807) is 13.8 Å². The first-order chi connectivity index (χ1) is 9.88. The highest BCUT2D eigenvalue weighted by Crippen LogP contribution is 2.29. The van der Waals surface area contributed by atoms with Crippen molar-refractivity contribution in [2.24, 2.45) is 0 Å². The average molecular weight is 296 g/mol. The zero-order valence-electron chi connectivity index (χ0n) is 12.3. The summed E-state index contributed by atoms with van der Waals surface area (Å²) in [5.74, 6) is -0.286. The molecule has 0 radical (unpaired) electrons. The molecule has 1 heterocycles. The Morgan fingerprint density at radius 2 is 2.10 bits per heavy atom. The fourth-order valence-corrected chi connectivity index (χ4v) is 2.95. The summed E-state index contributed by atoms with van der Waals surface area (Å²) in [6, 6.07) is 0. The molecular weight excluding hydrogens is 276 g/mol. The Bertz CT molecular complexity index is 561. The van der Waals surface area contributed by atoms with E-state index < -0.39 is 10.5 Å². The lowest BCUT2D eigenvalue weighted by Gasteiger charge is -2.28. The molecule has 0 unspecified atom stereocenters. The number of carbonyl (C=O) groups is 1. The normalized spacial score (nSPS) is 16.9. The number of aromatic nitrogens is 2. The molecule has 0 saturated heterocycles. The minimum Gasteiger partial charge on any atom is -0.394 e. The largest absolute Gasteiger partial charge is 0.394 e. The van der Waals surface area contributed by atoms with Crippen molar-refractivity contribution in [3.63, 3.8) is 0 Å². The second kappa shape index (κ2) is 5.80. The van der Waals surface area contributed by atoms with Gasteiger partial charge in [-0.2, -0.15) is 5.10 Å². The van der Waals surface area contributed by atoms with Crippen molar-refractivity contribution >= 4 is 11.6 Å². The number of aryl methyl sites for hydroxylation is 1. The van der Waals surface area contributed by atoms with Gasteiger partial charge in [-0.05, 0) is 26.7 Å². The van der Waals surface area contributed by atoms with Crippen LogP contribution in [0.25, 0.3) is 0 Å². The first-order valence-electron chi connectivity index (χ1n) is 6.99. The molecule has 0 bridgehead atoms. The lowest BCUT2D eigenvalue weighted by Crippen LogP contribution is -2.50. The summed E-state index contributed by atoms with van der Waals surface area (Å²) >= 11 is 0. The van der Waals surface area contributed by atoms with Crippen LogP contribution in [-0.4, -0.2) is 37.9 Å². The van der Waals surface area contributed by atoms with Crippen LogP contribution in [0.2, 0.25) is 0 Å². The van der Waals surface area contributed by atoms with Crippen LogP contribution in [0.4, 0.5) is 5.69 Å². The standard InChI is InChI=1S/C13H20N4O4/c1-9-12(17(20)21)10(2)16(15-9)7-11(19)14-13(8-18)5-3-4-6-13/h18H,3-8H2,1-2H3,(H,14,19). The molecule has 0 aromatic carbocycles. The minimum absolute atomic E-state index is 0.0551. The van der Waals surface area contributed by atoms with Crippen molar-refractivity contribution < 1.29 is 14.8 Å². The maximum atomic E-state index is 12.1. The molecule has 116 valence electrons. The Hall–Kier alpha value is -1.96. The van der Waals surface area contributed by atoms with Gasteiger partial charge in [-0.25, -0.2) is 0 Å². The third-order valence-corrected chi connectivity index (χ3v) is 4.09. The number of nitrogens with one attached hydrogen (secondary N) is 1. The molecule has 8 nitrogen and oxygen atoms in total. The molecule has 1 aromatic heterocycles. The molecule has 2 N–H and O–H groups in total. The van der Waals surface area contributed by atoms with E-state index in [2.05, 4.69) is 10.4 Å². The number of nitro groups is 1. The molecule has 1 aliphatic rings. The summed E-state index contributed by atoms with van der Waals surface area (Å²) < 4.78 is 1.34. The predicted octanol–water partition coefficient (Wildman–Crippen LogP) is 0.829. The lowest BCUT2D eigenvalue weighted by atomic mass is 9.99. The number of hydrogen-bond acceptors (Lipinski definition) is 5. The monoisotopic (exact) mass is 296 g/mol. The Kier molecular flexibility index (Phi) is 4.26. The van der Waals surface area contributed by atoms with Crippen LogP contribution in [0.1, 0.15) is 37.1 Å². The molecule has 1 aliphatic carbocycles. The van der Waals surface area contributed by atoms with Gasteiger partial charge in [-0.1, -0.05) is 12.8 Å². The van der Waals surface area contributed by atoms with Crippen molar-refractivity contribution in [3.05, 3.63) is 21.5 Å². The van der Waals surface area contributed by atoms with Gasteiger partial charge >= 0.3 is 5.69 Å². The van der Waals surface area contributed by atoms with Crippen molar-refractivity contribution in [2.45, 2.75) is 51.6 Å². The van der Waals surface area contributed by atoms with Gasteiger partial charge in [0.2, 0.25) is 5.91 Å². The van der Waals surface area contributed by atoms with Crippen LogP contribution in [0.15, 0.2) is 0 Å². The molecule has 0 aliphatic heterocycles. The summed E-state index contributed by atoms with van der Waals surface area (Å²) in [7, 11) is 0. The highest BCUT2D eigenvalue weighted by molar-refractivity contribution is 5.76. The van der Waals surface area contributed by atoms with E-state index in [-0.39, 0.29) is 24.7 Å². The maximum absolute atomic E-state index is 12.1. The molecule has 1 saturated carbocycles. The predicted molar refractivity (Wildman–Crippen MR) is 74.8 cm³/mol. The van der Waals surface area contributed by atoms with E-state index in [0.29, 0.717) is 11.4 Å². The second-order valence-corrected chi connectivity index (χ2v) is 5.63. The quantitative estimate of drug-likeness (QED) is 0.617. The smallest absolute Gasteiger partial charge is 0.312 e. The molecule has 1 aromatic rings. The fraction of sp³-hybridized carbons (Fsp3) is 0.692. The van der Waals surface area contributed by atoms with E-state index in [1.807, 2.05) is 0 Å². The Morgan fingerprint density at radius 1 is 1.48 bits per heavy atom. The molecular formula is C13H20N4O4. The molecule has 2 rings (SSSR count). The summed E-state index contributed by atoms with van der Waals surface area (Å²) in [5, 5.41) is 27.3. The van der Waals surface area contributed by atoms with Crippen molar-refractivity contribution in [1.82, 2.24) is 15.1 Å². The highest BCUT2D eigenvalue weighted by Gasteiger charge is 2.35. The highest BCUT2D eigenvalue weighted by atomic mass is 16.6. The lowest BCUT2D eigenvalue weighted by molar-refractivity contribution is -0.386. The van der Waals surface area contributed by atoms with E-state index in [4.69, 9.17) is 0 Å². The Labute approximate surface area is 122 Å². The van der Waals surface area contributed by atoms with Gasteiger partial charge in [-0.3, -0.25) is 19.6 Å². The van der Waals surface area contributed by atoms with Gasteiger partial charge < -0.3 is 10.4 Å². The van der Waals surface area contributed by atoms with Gasteiger partial charge in [-0.15, -0.1) is 0 Å². The average Bonchev–Trinajstić information content (AvgIpc) is 2.96. The molecule has 1 fully saturated rings. The van der Waals surface area contributed by atoms with Crippen LogP contribution < -0.4 is 5.32 Å². The van der Waals surface area contributed by atoms with Gasteiger partial charge in [0.05, 0.1) is 17.1 Å². The number of carbonyl (C=O) groups excluding carboxylic acids is 1. The molecule has 1 amide bonds. The number of hydrogen-bond donors (Lipinski definition) is 2. The van der Waals surface area contributed by atoms with Crippen LogP contribution in [0, 0.1) is 24.0 Å². The number of rotatable bonds is 5. The van der Waals surface area contributed by atoms with Gasteiger partial charge in [0, 0.05) is 0 Å². The number of nitrogens with zero attached hydrogens (tertiary/aromatic N) is 3. The van der Waals surface area contributed by atoms with Gasteiger partial charge in [0.25, 0.3) is 0 Å². The zero-order valence-corrected chi connectivity index (χ0v) is 12.3. The second-order valence-electron chi connectivity index (χ2n) is 5.63.